The summed E-state index contributed by atoms with van der Waals surface area (Å²) in [6.07, 6.45) is 4.32. The van der Waals surface area contributed by atoms with E-state index in [0.717, 1.165) is 38.4 Å². The number of carboxylic acid groups (broad SMARTS) is 1. The van der Waals surface area contributed by atoms with E-state index in [1.54, 1.807) is 25.3 Å². The normalized spacial score (nSPS) is 26.2. The highest BCUT2D eigenvalue weighted by atomic mass is 35.5. The number of halogens is 1. The number of piperidine rings is 1. The number of nitrogens with zero attached hydrogens (tertiary/aromatic N) is 2. The summed E-state index contributed by atoms with van der Waals surface area (Å²) in [6, 6.07) is 5.13. The lowest BCUT2D eigenvalue weighted by molar-refractivity contribution is -0.123. The Balaban J connectivity index is 0.000000775. The quantitative estimate of drug-likeness (QED) is 0.663. The highest BCUT2D eigenvalue weighted by molar-refractivity contribution is 6.30. The predicted molar refractivity (Wildman–Crippen MR) is 119 cm³/mol. The van der Waals surface area contributed by atoms with Crippen LogP contribution >= 0.6 is 11.6 Å². The molecule has 3 heterocycles. The summed E-state index contributed by atoms with van der Waals surface area (Å²) in [4.78, 5) is 38.5. The molecule has 9 heteroatoms. The maximum absolute atomic E-state index is 13.1. The highest BCUT2D eigenvalue weighted by Gasteiger charge is 2.57. The van der Waals surface area contributed by atoms with Crippen LogP contribution in [0, 0.1) is 17.8 Å². The minimum Gasteiger partial charge on any atom is -0.496 e. The molecule has 4 fully saturated rings. The first-order valence-corrected chi connectivity index (χ1v) is 11.5. The maximum atomic E-state index is 13.1. The van der Waals surface area contributed by atoms with Gasteiger partial charge in [0.25, 0.3) is 12.4 Å². The van der Waals surface area contributed by atoms with Crippen LogP contribution in [0.25, 0.3) is 0 Å². The lowest BCUT2D eigenvalue weighted by Crippen LogP contribution is -2.56. The second kappa shape index (κ2) is 9.27. The number of hydrogen-bond acceptors (Lipinski definition) is 5. The van der Waals surface area contributed by atoms with E-state index in [-0.39, 0.29) is 29.7 Å². The van der Waals surface area contributed by atoms with Crippen molar-refractivity contribution < 1.29 is 24.2 Å². The van der Waals surface area contributed by atoms with Crippen LogP contribution in [0.15, 0.2) is 18.2 Å². The van der Waals surface area contributed by atoms with Gasteiger partial charge in [-0.05, 0) is 49.8 Å². The van der Waals surface area contributed by atoms with Crippen LogP contribution in [0.5, 0.6) is 5.75 Å². The van der Waals surface area contributed by atoms with E-state index in [2.05, 4.69) is 10.2 Å². The number of likely N-dealkylation sites (tertiary alicyclic amines) is 2. The Morgan fingerprint density at radius 3 is 2.62 bits per heavy atom. The van der Waals surface area contributed by atoms with Crippen LogP contribution in [-0.2, 0) is 9.59 Å². The molecule has 4 aliphatic rings. The number of fused-ring (bicyclic) bond motifs is 2. The van der Waals surface area contributed by atoms with Gasteiger partial charge in [-0.15, -0.1) is 0 Å². The largest absolute Gasteiger partial charge is 0.496 e. The van der Waals surface area contributed by atoms with Crippen molar-refractivity contribution in [1.29, 1.82) is 0 Å². The molecule has 0 bridgehead atoms. The molecule has 174 valence electrons. The Morgan fingerprint density at radius 2 is 2.00 bits per heavy atom. The molecular formula is C23H30ClN3O5. The van der Waals surface area contributed by atoms with Crippen molar-refractivity contribution in [1.82, 2.24) is 15.1 Å². The molecule has 1 aliphatic carbocycles. The fourth-order valence-corrected chi connectivity index (χ4v) is 5.74. The number of benzene rings is 1. The van der Waals surface area contributed by atoms with Gasteiger partial charge in [0.2, 0.25) is 5.91 Å². The van der Waals surface area contributed by atoms with Crippen molar-refractivity contribution in [3.63, 3.8) is 0 Å². The minimum atomic E-state index is -0.250. The van der Waals surface area contributed by atoms with Crippen molar-refractivity contribution in [2.24, 2.45) is 17.8 Å². The average Bonchev–Trinajstić information content (AvgIpc) is 3.43. The van der Waals surface area contributed by atoms with E-state index < -0.39 is 0 Å². The number of carbonyl (C=O) groups is 3. The molecular weight excluding hydrogens is 434 g/mol. The first-order chi connectivity index (χ1) is 15.4. The Kier molecular flexibility index (Phi) is 6.62. The van der Waals surface area contributed by atoms with Gasteiger partial charge in [-0.1, -0.05) is 11.6 Å². The second-order valence-electron chi connectivity index (χ2n) is 9.26. The van der Waals surface area contributed by atoms with Gasteiger partial charge in [-0.25, -0.2) is 0 Å². The molecule has 3 aliphatic heterocycles. The average molecular weight is 464 g/mol. The topological polar surface area (TPSA) is 99.2 Å². The van der Waals surface area contributed by atoms with E-state index in [9.17, 15) is 9.59 Å². The van der Waals surface area contributed by atoms with Crippen molar-refractivity contribution in [2.45, 2.75) is 31.2 Å². The molecule has 3 saturated heterocycles. The number of hydrogen-bond donors (Lipinski definition) is 2. The summed E-state index contributed by atoms with van der Waals surface area (Å²) in [7, 11) is 1.55. The monoisotopic (exact) mass is 463 g/mol. The summed E-state index contributed by atoms with van der Waals surface area (Å²) >= 11 is 6.03. The number of amides is 2. The zero-order chi connectivity index (χ0) is 22.9. The van der Waals surface area contributed by atoms with E-state index in [1.165, 1.54) is 12.8 Å². The third-order valence-electron chi connectivity index (χ3n) is 7.36. The Hall–Kier alpha value is -2.32. The van der Waals surface area contributed by atoms with Crippen LogP contribution in [0.3, 0.4) is 0 Å². The van der Waals surface area contributed by atoms with Crippen molar-refractivity contribution in [3.8, 4) is 5.75 Å². The van der Waals surface area contributed by atoms with Gasteiger partial charge < -0.3 is 25.0 Å². The van der Waals surface area contributed by atoms with Crippen LogP contribution in [0.4, 0.5) is 0 Å². The number of rotatable bonds is 4. The van der Waals surface area contributed by atoms with Crippen molar-refractivity contribution >= 4 is 29.9 Å². The molecule has 2 amide bonds. The van der Waals surface area contributed by atoms with Crippen LogP contribution in [0.2, 0.25) is 5.02 Å². The fourth-order valence-electron chi connectivity index (χ4n) is 5.57. The van der Waals surface area contributed by atoms with Gasteiger partial charge >= 0.3 is 0 Å². The molecule has 32 heavy (non-hydrogen) atoms. The first kappa shape index (κ1) is 22.9. The number of carbonyl (C=O) groups excluding carboxylic acids is 2. The summed E-state index contributed by atoms with van der Waals surface area (Å²) in [5.41, 5.74) is 0.388. The first-order valence-electron chi connectivity index (χ1n) is 11.2. The van der Waals surface area contributed by atoms with Gasteiger partial charge in [0.05, 0.1) is 18.6 Å². The third kappa shape index (κ3) is 4.43. The molecule has 5 rings (SSSR count). The van der Waals surface area contributed by atoms with E-state index in [4.69, 9.17) is 26.2 Å². The van der Waals surface area contributed by atoms with Gasteiger partial charge in [0.15, 0.2) is 0 Å². The second-order valence-corrected chi connectivity index (χ2v) is 9.70. The van der Waals surface area contributed by atoms with Gasteiger partial charge in [-0.2, -0.15) is 0 Å². The highest BCUT2D eigenvalue weighted by Crippen LogP contribution is 2.45. The van der Waals surface area contributed by atoms with E-state index in [0.29, 0.717) is 35.3 Å². The van der Waals surface area contributed by atoms with Crippen LogP contribution in [0.1, 0.15) is 36.0 Å². The Labute approximate surface area is 192 Å². The van der Waals surface area contributed by atoms with Gasteiger partial charge in [-0.3, -0.25) is 14.4 Å². The standard InChI is InChI=1S/C22H28ClN3O3.CH2O2/c1-29-19-10-15(23)4-5-16(19)21(28)26-8-6-22(7-9-26)18-13-25(11-14-2-3-14)12-17(18)20(27)24-22;2-1-3/h4-5,10,14,17-18H,2-3,6-9,11-13H2,1H3,(H,24,27);1H,(H,2,3)/t17-,18+;/m1./s1. The molecule has 2 N–H and O–H groups in total. The van der Waals surface area contributed by atoms with Crippen LogP contribution < -0.4 is 10.1 Å². The molecule has 8 nitrogen and oxygen atoms in total. The SMILES string of the molecule is COc1cc(Cl)ccc1C(=O)N1CCC2(CC1)NC(=O)[C@@H]1CN(CC3CC3)C[C@@H]12.O=CO. The van der Waals surface area contributed by atoms with Crippen molar-refractivity contribution in [2.75, 3.05) is 39.8 Å². The number of methoxy groups -OCH3 is 1. The molecule has 1 saturated carbocycles. The summed E-state index contributed by atoms with van der Waals surface area (Å²) in [6.45, 7) is 4.11. The molecule has 1 aromatic carbocycles. The van der Waals surface area contributed by atoms with Gasteiger partial charge in [0.1, 0.15) is 5.75 Å². The summed E-state index contributed by atoms with van der Waals surface area (Å²) in [5.74, 6) is 2.03. The third-order valence-corrected chi connectivity index (χ3v) is 7.60. The van der Waals surface area contributed by atoms with E-state index >= 15 is 0 Å². The van der Waals surface area contributed by atoms with Crippen LogP contribution in [-0.4, -0.2) is 78.6 Å². The van der Waals surface area contributed by atoms with Gasteiger partial charge in [0, 0.05) is 49.2 Å². The number of ether oxygens (including phenoxy) is 1. The lowest BCUT2D eigenvalue weighted by atomic mass is 9.75. The maximum Gasteiger partial charge on any atom is 0.290 e. The predicted octanol–water partition coefficient (Wildman–Crippen LogP) is 2.11. The van der Waals surface area contributed by atoms with Crippen molar-refractivity contribution in [3.05, 3.63) is 28.8 Å². The summed E-state index contributed by atoms with van der Waals surface area (Å²) in [5, 5.41) is 10.8. The number of nitrogens with one attached hydrogen (secondary N) is 1. The molecule has 1 aromatic rings. The molecule has 0 unspecified atom stereocenters. The summed E-state index contributed by atoms with van der Waals surface area (Å²) < 4.78 is 5.36. The fraction of sp³-hybridized carbons (Fsp3) is 0.609. The zero-order valence-electron chi connectivity index (χ0n) is 18.3. The molecule has 2 atom stereocenters. The van der Waals surface area contributed by atoms with E-state index in [1.807, 2.05) is 4.90 Å². The lowest BCUT2D eigenvalue weighted by Gasteiger charge is -2.43. The smallest absolute Gasteiger partial charge is 0.290 e. The Morgan fingerprint density at radius 1 is 1.31 bits per heavy atom. The molecule has 0 radical (unpaired) electrons. The molecule has 0 aromatic heterocycles. The minimum absolute atomic E-state index is 0.0315. The zero-order valence-corrected chi connectivity index (χ0v) is 19.0. The molecule has 1 spiro atoms. The Bertz CT molecular complexity index is 882.